The molecule has 0 aromatic carbocycles. The zero-order valence-electron chi connectivity index (χ0n) is 9.56. The van der Waals surface area contributed by atoms with Crippen LogP contribution in [0.2, 0.25) is 5.28 Å². The van der Waals surface area contributed by atoms with Crippen molar-refractivity contribution in [3.63, 3.8) is 0 Å². The molecule has 0 amide bonds. The van der Waals surface area contributed by atoms with Gasteiger partial charge in [-0.1, -0.05) is 0 Å². The highest BCUT2D eigenvalue weighted by Crippen LogP contribution is 2.17. The van der Waals surface area contributed by atoms with Crippen LogP contribution in [0, 0.1) is 0 Å². The molecule has 0 N–H and O–H groups in total. The molecule has 94 valence electrons. The lowest BCUT2D eigenvalue weighted by Gasteiger charge is -2.22. The standard InChI is InChI=1S/C10H14ClN3O3/c1-2-16-9-12-8(11)13-10(14-9)17-7-3-5-15-6-4-7/h7H,2-6H2,1H3. The number of hydrogen-bond acceptors (Lipinski definition) is 6. The molecule has 0 spiro atoms. The molecular weight excluding hydrogens is 246 g/mol. The average Bonchev–Trinajstić information content (AvgIpc) is 2.30. The van der Waals surface area contributed by atoms with Gasteiger partial charge < -0.3 is 14.2 Å². The van der Waals surface area contributed by atoms with E-state index < -0.39 is 0 Å². The van der Waals surface area contributed by atoms with Crippen LogP contribution in [0.1, 0.15) is 19.8 Å². The van der Waals surface area contributed by atoms with Crippen molar-refractivity contribution in [3.05, 3.63) is 5.28 Å². The monoisotopic (exact) mass is 259 g/mol. The molecular formula is C10H14ClN3O3. The van der Waals surface area contributed by atoms with E-state index in [-0.39, 0.29) is 23.4 Å². The van der Waals surface area contributed by atoms with Crippen molar-refractivity contribution in [2.45, 2.75) is 25.9 Å². The highest BCUT2D eigenvalue weighted by atomic mass is 35.5. The second-order valence-corrected chi connectivity index (χ2v) is 3.87. The van der Waals surface area contributed by atoms with Crippen LogP contribution in [-0.2, 0) is 4.74 Å². The number of ether oxygens (including phenoxy) is 3. The van der Waals surface area contributed by atoms with E-state index in [0.29, 0.717) is 19.8 Å². The van der Waals surface area contributed by atoms with Crippen LogP contribution in [0.4, 0.5) is 0 Å². The predicted octanol–water partition coefficient (Wildman–Crippen LogP) is 1.48. The van der Waals surface area contributed by atoms with E-state index >= 15 is 0 Å². The average molecular weight is 260 g/mol. The Kier molecular flexibility index (Phi) is 4.33. The third kappa shape index (κ3) is 3.67. The molecule has 1 aromatic rings. The van der Waals surface area contributed by atoms with Crippen LogP contribution < -0.4 is 9.47 Å². The van der Waals surface area contributed by atoms with Crippen molar-refractivity contribution < 1.29 is 14.2 Å². The molecule has 1 fully saturated rings. The molecule has 0 unspecified atom stereocenters. The van der Waals surface area contributed by atoms with Gasteiger partial charge in [0.05, 0.1) is 19.8 Å². The second kappa shape index (κ2) is 5.97. The normalized spacial score (nSPS) is 16.8. The zero-order valence-corrected chi connectivity index (χ0v) is 10.3. The molecule has 7 heteroatoms. The van der Waals surface area contributed by atoms with Crippen molar-refractivity contribution in [3.8, 4) is 12.0 Å². The molecule has 0 aliphatic carbocycles. The molecule has 17 heavy (non-hydrogen) atoms. The topological polar surface area (TPSA) is 66.4 Å². The van der Waals surface area contributed by atoms with Crippen LogP contribution >= 0.6 is 11.6 Å². The van der Waals surface area contributed by atoms with Gasteiger partial charge in [0.25, 0.3) is 0 Å². The molecule has 0 atom stereocenters. The van der Waals surface area contributed by atoms with Crippen LogP contribution in [0.25, 0.3) is 0 Å². The van der Waals surface area contributed by atoms with E-state index in [4.69, 9.17) is 25.8 Å². The summed E-state index contributed by atoms with van der Waals surface area (Å²) in [5.74, 6) is 0. The lowest BCUT2D eigenvalue weighted by atomic mass is 10.2. The van der Waals surface area contributed by atoms with Crippen molar-refractivity contribution in [1.29, 1.82) is 0 Å². The van der Waals surface area contributed by atoms with Crippen molar-refractivity contribution in [1.82, 2.24) is 15.0 Å². The lowest BCUT2D eigenvalue weighted by Crippen LogP contribution is -2.26. The van der Waals surface area contributed by atoms with Gasteiger partial charge in [-0.25, -0.2) is 0 Å². The first-order valence-electron chi connectivity index (χ1n) is 5.56. The minimum Gasteiger partial charge on any atom is -0.464 e. The Labute approximate surface area is 104 Å². The molecule has 1 aliphatic heterocycles. The summed E-state index contributed by atoms with van der Waals surface area (Å²) in [5, 5.41) is 0.0745. The molecule has 2 heterocycles. The number of hydrogen-bond donors (Lipinski definition) is 0. The fourth-order valence-corrected chi connectivity index (χ4v) is 1.65. The van der Waals surface area contributed by atoms with Crippen LogP contribution in [0.15, 0.2) is 0 Å². The Bertz CT molecular complexity index is 372. The Balaban J connectivity index is 2.03. The summed E-state index contributed by atoms with van der Waals surface area (Å²) in [7, 11) is 0. The number of nitrogens with zero attached hydrogens (tertiary/aromatic N) is 3. The smallest absolute Gasteiger partial charge is 0.324 e. The summed E-state index contributed by atoms with van der Waals surface area (Å²) in [5.41, 5.74) is 0. The molecule has 0 bridgehead atoms. The SMILES string of the molecule is CCOc1nc(Cl)nc(OC2CCOCC2)n1. The fraction of sp³-hybridized carbons (Fsp3) is 0.700. The van der Waals surface area contributed by atoms with E-state index in [1.165, 1.54) is 0 Å². The van der Waals surface area contributed by atoms with Gasteiger partial charge in [-0.05, 0) is 18.5 Å². The van der Waals surface area contributed by atoms with Gasteiger partial charge in [-0.2, -0.15) is 9.97 Å². The second-order valence-electron chi connectivity index (χ2n) is 3.53. The van der Waals surface area contributed by atoms with Crippen LogP contribution in [0.3, 0.4) is 0 Å². The van der Waals surface area contributed by atoms with E-state index in [0.717, 1.165) is 12.8 Å². The first-order valence-corrected chi connectivity index (χ1v) is 5.94. The summed E-state index contributed by atoms with van der Waals surface area (Å²) in [6.45, 7) is 3.71. The Morgan fingerprint density at radius 2 is 1.94 bits per heavy atom. The third-order valence-corrected chi connectivity index (χ3v) is 2.45. The minimum atomic E-state index is 0.0664. The molecule has 1 saturated heterocycles. The Morgan fingerprint density at radius 3 is 2.65 bits per heavy atom. The predicted molar refractivity (Wildman–Crippen MR) is 60.5 cm³/mol. The van der Waals surface area contributed by atoms with E-state index in [9.17, 15) is 0 Å². The number of halogens is 1. The van der Waals surface area contributed by atoms with Crippen LogP contribution in [-0.4, -0.2) is 40.9 Å². The minimum absolute atomic E-state index is 0.0664. The van der Waals surface area contributed by atoms with Gasteiger partial charge >= 0.3 is 12.0 Å². The van der Waals surface area contributed by atoms with Gasteiger partial charge in [0.15, 0.2) is 0 Å². The van der Waals surface area contributed by atoms with E-state index in [1.54, 1.807) is 0 Å². The maximum absolute atomic E-state index is 5.76. The van der Waals surface area contributed by atoms with Crippen molar-refractivity contribution >= 4 is 11.6 Å². The summed E-state index contributed by atoms with van der Waals surface area (Å²) in [6.07, 6.45) is 1.72. The summed E-state index contributed by atoms with van der Waals surface area (Å²) >= 11 is 5.76. The molecule has 0 radical (unpaired) electrons. The van der Waals surface area contributed by atoms with E-state index in [2.05, 4.69) is 15.0 Å². The summed E-state index contributed by atoms with van der Waals surface area (Å²) in [4.78, 5) is 11.8. The lowest BCUT2D eigenvalue weighted by molar-refractivity contribution is 0.0213. The van der Waals surface area contributed by atoms with Gasteiger partial charge in [-0.15, -0.1) is 4.98 Å². The maximum atomic E-state index is 5.76. The summed E-state index contributed by atoms with van der Waals surface area (Å²) in [6, 6.07) is 0.398. The van der Waals surface area contributed by atoms with Gasteiger partial charge in [-0.3, -0.25) is 0 Å². The van der Waals surface area contributed by atoms with Gasteiger partial charge in [0, 0.05) is 12.8 Å². The molecule has 6 nitrogen and oxygen atoms in total. The molecule has 1 aliphatic rings. The fourth-order valence-electron chi connectivity index (χ4n) is 1.50. The highest BCUT2D eigenvalue weighted by Gasteiger charge is 2.17. The molecule has 1 aromatic heterocycles. The first kappa shape index (κ1) is 12.3. The van der Waals surface area contributed by atoms with Crippen molar-refractivity contribution in [2.75, 3.05) is 19.8 Å². The number of aromatic nitrogens is 3. The quantitative estimate of drug-likeness (QED) is 0.816. The Morgan fingerprint density at radius 1 is 1.24 bits per heavy atom. The van der Waals surface area contributed by atoms with Crippen LogP contribution in [0.5, 0.6) is 12.0 Å². The number of rotatable bonds is 4. The maximum Gasteiger partial charge on any atom is 0.324 e. The summed E-state index contributed by atoms with van der Waals surface area (Å²) < 4.78 is 16.0. The third-order valence-electron chi connectivity index (χ3n) is 2.28. The molecule has 0 saturated carbocycles. The van der Waals surface area contributed by atoms with E-state index in [1.807, 2.05) is 6.92 Å². The molecule has 2 rings (SSSR count). The van der Waals surface area contributed by atoms with Gasteiger partial charge in [0.2, 0.25) is 5.28 Å². The zero-order chi connectivity index (χ0) is 12.1. The largest absolute Gasteiger partial charge is 0.464 e. The van der Waals surface area contributed by atoms with Crippen molar-refractivity contribution in [2.24, 2.45) is 0 Å². The Hall–Kier alpha value is -1.14. The highest BCUT2D eigenvalue weighted by molar-refractivity contribution is 6.28. The van der Waals surface area contributed by atoms with Gasteiger partial charge in [0.1, 0.15) is 6.10 Å². The first-order chi connectivity index (χ1) is 8.28.